The van der Waals surface area contributed by atoms with Crippen molar-refractivity contribution in [2.24, 2.45) is 0 Å². The number of benzene rings is 2. The number of hydrogen-bond donors (Lipinski definition) is 2. The number of aliphatic hydroxyl groups is 1. The highest BCUT2D eigenvalue weighted by molar-refractivity contribution is 7.90. The lowest BCUT2D eigenvalue weighted by atomic mass is 10.1. The SMILES string of the molecule is CC(=O)N(c1cc(-c2ccc(S(C)(=O)=O)cc2)n(-c2ccccc2)c1C)C(CCO)C(=O)O. The molecule has 0 saturated heterocycles. The smallest absolute Gasteiger partial charge is 0.326 e. The van der Waals surface area contributed by atoms with Gasteiger partial charge in [0, 0.05) is 37.6 Å². The number of carboxylic acids is 1. The summed E-state index contributed by atoms with van der Waals surface area (Å²) in [5, 5.41) is 19.1. The number of carbonyl (C=O) groups is 2. The van der Waals surface area contributed by atoms with Crippen LogP contribution in [0.4, 0.5) is 5.69 Å². The zero-order chi connectivity index (χ0) is 24.3. The number of aliphatic carboxylic acids is 1. The van der Waals surface area contributed by atoms with E-state index in [1.54, 1.807) is 25.1 Å². The molecule has 0 radical (unpaired) electrons. The van der Waals surface area contributed by atoms with Gasteiger partial charge in [0.05, 0.1) is 16.3 Å². The van der Waals surface area contributed by atoms with Gasteiger partial charge in [-0.15, -0.1) is 0 Å². The molecule has 1 unspecified atom stereocenters. The molecule has 9 heteroatoms. The van der Waals surface area contributed by atoms with Gasteiger partial charge in [0.25, 0.3) is 0 Å². The van der Waals surface area contributed by atoms with E-state index in [4.69, 9.17) is 0 Å². The Kier molecular flexibility index (Phi) is 7.04. The third-order valence-corrected chi connectivity index (χ3v) is 6.54. The van der Waals surface area contributed by atoms with Crippen LogP contribution in [0.1, 0.15) is 19.0 Å². The molecule has 1 heterocycles. The second-order valence-corrected chi connectivity index (χ2v) is 9.74. The van der Waals surface area contributed by atoms with E-state index < -0.39 is 27.8 Å². The van der Waals surface area contributed by atoms with Crippen molar-refractivity contribution in [1.82, 2.24) is 4.57 Å². The van der Waals surface area contributed by atoms with Gasteiger partial charge in [-0.05, 0) is 42.8 Å². The van der Waals surface area contributed by atoms with Crippen LogP contribution < -0.4 is 4.90 Å². The van der Waals surface area contributed by atoms with Crippen molar-refractivity contribution in [3.05, 3.63) is 66.4 Å². The number of sulfone groups is 1. The number of rotatable bonds is 8. The van der Waals surface area contributed by atoms with Crippen LogP contribution in [-0.4, -0.2) is 54.0 Å². The molecule has 3 rings (SSSR count). The molecule has 0 saturated carbocycles. The first kappa shape index (κ1) is 24.2. The van der Waals surface area contributed by atoms with Crippen LogP contribution in [0.15, 0.2) is 65.6 Å². The fourth-order valence-electron chi connectivity index (χ4n) is 3.87. The van der Waals surface area contributed by atoms with Gasteiger partial charge in [0.15, 0.2) is 9.84 Å². The minimum absolute atomic E-state index is 0.122. The van der Waals surface area contributed by atoms with Gasteiger partial charge < -0.3 is 14.8 Å². The molecule has 1 aromatic heterocycles. The van der Waals surface area contributed by atoms with E-state index in [-0.39, 0.29) is 17.9 Å². The molecule has 3 aromatic rings. The Balaban J connectivity index is 2.27. The molecule has 174 valence electrons. The molecule has 0 bridgehead atoms. The Morgan fingerprint density at radius 3 is 2.15 bits per heavy atom. The fourth-order valence-corrected chi connectivity index (χ4v) is 4.51. The summed E-state index contributed by atoms with van der Waals surface area (Å²) in [6.45, 7) is 2.68. The van der Waals surface area contributed by atoms with Crippen LogP contribution in [0.3, 0.4) is 0 Å². The van der Waals surface area contributed by atoms with E-state index in [0.29, 0.717) is 22.6 Å². The first-order chi connectivity index (χ1) is 15.6. The summed E-state index contributed by atoms with van der Waals surface area (Å²) in [5.74, 6) is -1.69. The quantitative estimate of drug-likeness (QED) is 0.523. The van der Waals surface area contributed by atoms with Crippen LogP contribution in [0, 0.1) is 6.92 Å². The second-order valence-electron chi connectivity index (χ2n) is 7.72. The highest BCUT2D eigenvalue weighted by Gasteiger charge is 2.32. The van der Waals surface area contributed by atoms with Gasteiger partial charge in [0.2, 0.25) is 5.91 Å². The van der Waals surface area contributed by atoms with Gasteiger partial charge >= 0.3 is 5.97 Å². The van der Waals surface area contributed by atoms with Crippen LogP contribution in [0.5, 0.6) is 0 Å². The zero-order valence-electron chi connectivity index (χ0n) is 18.6. The highest BCUT2D eigenvalue weighted by Crippen LogP contribution is 2.36. The molecule has 0 fully saturated rings. The van der Waals surface area contributed by atoms with Crippen molar-refractivity contribution >= 4 is 27.4 Å². The molecule has 2 aromatic carbocycles. The number of anilines is 1. The monoisotopic (exact) mass is 470 g/mol. The second kappa shape index (κ2) is 9.60. The summed E-state index contributed by atoms with van der Waals surface area (Å²) >= 11 is 0. The summed E-state index contributed by atoms with van der Waals surface area (Å²) in [6.07, 6.45) is 1.01. The van der Waals surface area contributed by atoms with Crippen LogP contribution >= 0.6 is 0 Å². The predicted molar refractivity (Wildman–Crippen MR) is 125 cm³/mol. The van der Waals surface area contributed by atoms with Gasteiger partial charge in [-0.3, -0.25) is 9.69 Å². The third kappa shape index (κ3) is 4.99. The average molecular weight is 471 g/mol. The largest absolute Gasteiger partial charge is 0.480 e. The lowest BCUT2D eigenvalue weighted by Gasteiger charge is -2.27. The van der Waals surface area contributed by atoms with Crippen molar-refractivity contribution in [3.8, 4) is 16.9 Å². The molecular weight excluding hydrogens is 444 g/mol. The summed E-state index contributed by atoms with van der Waals surface area (Å²) in [6, 6.07) is 16.2. The molecule has 1 atom stereocenters. The molecule has 8 nitrogen and oxygen atoms in total. The number of aromatic nitrogens is 1. The summed E-state index contributed by atoms with van der Waals surface area (Å²) in [5.41, 5.74) is 3.17. The predicted octanol–water partition coefficient (Wildman–Crippen LogP) is 3.04. The number of amides is 1. The number of para-hydroxylation sites is 1. The van der Waals surface area contributed by atoms with Crippen molar-refractivity contribution < 1.29 is 28.2 Å². The summed E-state index contributed by atoms with van der Waals surface area (Å²) < 4.78 is 25.6. The fraction of sp³-hybridized carbons (Fsp3) is 0.250. The first-order valence-electron chi connectivity index (χ1n) is 10.3. The molecule has 0 spiro atoms. The summed E-state index contributed by atoms with van der Waals surface area (Å²) in [4.78, 5) is 25.8. The molecular formula is C24H26N2O6S. The number of carbonyl (C=O) groups excluding carboxylic acids is 1. The number of hydrogen-bond acceptors (Lipinski definition) is 5. The minimum Gasteiger partial charge on any atom is -0.480 e. The van der Waals surface area contributed by atoms with E-state index in [9.17, 15) is 28.2 Å². The molecule has 0 aliphatic carbocycles. The topological polar surface area (TPSA) is 117 Å². The lowest BCUT2D eigenvalue weighted by molar-refractivity contribution is -0.140. The zero-order valence-corrected chi connectivity index (χ0v) is 19.4. The molecule has 2 N–H and O–H groups in total. The number of carboxylic acid groups (broad SMARTS) is 1. The average Bonchev–Trinajstić information content (AvgIpc) is 3.10. The standard InChI is InChI=1S/C24H26N2O6S/c1-16-22(26(17(2)28)21(13-14-27)24(29)30)15-23(25(16)19-7-5-4-6-8-19)18-9-11-20(12-10-18)33(3,31)32/h4-12,15,21,27H,13-14H2,1-3H3,(H,29,30). The van der Waals surface area contributed by atoms with Crippen molar-refractivity contribution in [2.75, 3.05) is 17.8 Å². The molecule has 1 amide bonds. The van der Waals surface area contributed by atoms with E-state index in [0.717, 1.165) is 11.9 Å². The molecule has 33 heavy (non-hydrogen) atoms. The van der Waals surface area contributed by atoms with Crippen molar-refractivity contribution in [2.45, 2.75) is 31.2 Å². The third-order valence-electron chi connectivity index (χ3n) is 5.41. The van der Waals surface area contributed by atoms with Gasteiger partial charge in [0.1, 0.15) is 6.04 Å². The Morgan fingerprint density at radius 1 is 1.06 bits per heavy atom. The summed E-state index contributed by atoms with van der Waals surface area (Å²) in [7, 11) is -3.37. The van der Waals surface area contributed by atoms with Gasteiger partial charge in [-0.1, -0.05) is 30.3 Å². The Labute approximate surface area is 192 Å². The van der Waals surface area contributed by atoms with Crippen molar-refractivity contribution in [1.29, 1.82) is 0 Å². The van der Waals surface area contributed by atoms with Gasteiger partial charge in [-0.2, -0.15) is 0 Å². The van der Waals surface area contributed by atoms with Crippen molar-refractivity contribution in [3.63, 3.8) is 0 Å². The van der Waals surface area contributed by atoms with Gasteiger partial charge in [-0.25, -0.2) is 13.2 Å². The lowest BCUT2D eigenvalue weighted by Crippen LogP contribution is -2.45. The van der Waals surface area contributed by atoms with Crippen LogP contribution in [0.25, 0.3) is 16.9 Å². The minimum atomic E-state index is -3.37. The van der Waals surface area contributed by atoms with E-state index in [1.807, 2.05) is 34.9 Å². The Bertz CT molecular complexity index is 1260. The molecule has 0 aliphatic heterocycles. The highest BCUT2D eigenvalue weighted by atomic mass is 32.2. The Hall–Kier alpha value is -3.43. The maximum atomic E-state index is 12.6. The first-order valence-corrected chi connectivity index (χ1v) is 12.2. The van der Waals surface area contributed by atoms with E-state index >= 15 is 0 Å². The molecule has 0 aliphatic rings. The normalized spacial score (nSPS) is 12.4. The number of nitrogens with zero attached hydrogens (tertiary/aromatic N) is 2. The maximum Gasteiger partial charge on any atom is 0.326 e. The number of aliphatic hydroxyl groups excluding tert-OH is 1. The maximum absolute atomic E-state index is 12.6. The Morgan fingerprint density at radius 2 is 1.67 bits per heavy atom. The van der Waals surface area contributed by atoms with Crippen LogP contribution in [-0.2, 0) is 19.4 Å². The van der Waals surface area contributed by atoms with E-state index in [1.165, 1.54) is 24.0 Å². The van der Waals surface area contributed by atoms with E-state index in [2.05, 4.69) is 0 Å². The van der Waals surface area contributed by atoms with Crippen LogP contribution in [0.2, 0.25) is 0 Å².